The number of methoxy groups -OCH3 is 1. The zero-order chi connectivity index (χ0) is 14.5. The van der Waals surface area contributed by atoms with Crippen molar-refractivity contribution in [3.63, 3.8) is 0 Å². The minimum Gasteiger partial charge on any atom is -0.458 e. The Kier molecular flexibility index (Phi) is 5.27. The molecule has 2 aromatic rings. The lowest BCUT2D eigenvalue weighted by Crippen LogP contribution is -2.12. The van der Waals surface area contributed by atoms with E-state index in [1.165, 1.54) is 0 Å². The van der Waals surface area contributed by atoms with E-state index in [4.69, 9.17) is 9.47 Å². The van der Waals surface area contributed by atoms with Gasteiger partial charge in [-0.05, 0) is 39.9 Å². The average molecular weight is 360 g/mol. The summed E-state index contributed by atoms with van der Waals surface area (Å²) in [6, 6.07) is 2.02. The molecule has 0 aliphatic heterocycles. The molecule has 0 aliphatic carbocycles. The summed E-state index contributed by atoms with van der Waals surface area (Å²) in [5.74, 6) is -0.475. The first-order valence-electron chi connectivity index (χ1n) is 5.91. The molecular formula is C12H14BrN3O3S. The summed E-state index contributed by atoms with van der Waals surface area (Å²) in [6.45, 7) is 2.95. The maximum atomic E-state index is 11.8. The molecule has 0 spiro atoms. The van der Waals surface area contributed by atoms with Gasteiger partial charge in [0.2, 0.25) is 0 Å². The van der Waals surface area contributed by atoms with Crippen LogP contribution in [0.15, 0.2) is 15.2 Å². The van der Waals surface area contributed by atoms with Crippen LogP contribution in [-0.2, 0) is 16.0 Å². The molecule has 0 saturated carbocycles. The highest BCUT2D eigenvalue weighted by Gasteiger charge is 2.18. The molecule has 0 aromatic carbocycles. The fourth-order valence-corrected chi connectivity index (χ4v) is 2.79. The number of thiophene rings is 1. The van der Waals surface area contributed by atoms with Gasteiger partial charge in [-0.25, -0.2) is 9.48 Å². The molecular weight excluding hydrogens is 346 g/mol. The van der Waals surface area contributed by atoms with E-state index in [0.717, 1.165) is 9.35 Å². The van der Waals surface area contributed by atoms with Gasteiger partial charge in [0, 0.05) is 7.11 Å². The summed E-state index contributed by atoms with van der Waals surface area (Å²) in [4.78, 5) is 11.8. The minimum absolute atomic E-state index is 0.207. The van der Waals surface area contributed by atoms with Gasteiger partial charge >= 0.3 is 5.97 Å². The van der Waals surface area contributed by atoms with E-state index >= 15 is 0 Å². The predicted octanol–water partition coefficient (Wildman–Crippen LogP) is 2.26. The number of nitrogens with zero attached hydrogens (tertiary/aromatic N) is 3. The number of carbonyl (C=O) groups is 1. The summed E-state index contributed by atoms with van der Waals surface area (Å²) in [6.07, 6.45) is 0. The van der Waals surface area contributed by atoms with E-state index in [1.54, 1.807) is 30.1 Å². The molecule has 0 unspecified atom stereocenters. The Morgan fingerprint density at radius 1 is 1.50 bits per heavy atom. The highest BCUT2D eigenvalue weighted by atomic mass is 79.9. The van der Waals surface area contributed by atoms with Crippen molar-refractivity contribution in [1.82, 2.24) is 15.0 Å². The van der Waals surface area contributed by atoms with Crippen molar-refractivity contribution in [2.75, 3.05) is 20.3 Å². The summed E-state index contributed by atoms with van der Waals surface area (Å²) in [5, 5.41) is 9.91. The quantitative estimate of drug-likeness (QED) is 0.584. The third-order valence-corrected chi connectivity index (χ3v) is 4.20. The van der Waals surface area contributed by atoms with Crippen LogP contribution in [-0.4, -0.2) is 41.3 Å². The van der Waals surface area contributed by atoms with Gasteiger partial charge in [-0.3, -0.25) is 0 Å². The minimum atomic E-state index is -0.475. The number of halogens is 1. The fourth-order valence-electron chi connectivity index (χ4n) is 1.59. The highest BCUT2D eigenvalue weighted by molar-refractivity contribution is 9.11. The Bertz CT molecular complexity index is 597. The number of ether oxygens (including phenoxy) is 2. The lowest BCUT2D eigenvalue weighted by molar-refractivity contribution is 0.0380. The van der Waals surface area contributed by atoms with Gasteiger partial charge in [0.25, 0.3) is 0 Å². The largest absolute Gasteiger partial charge is 0.458 e. The van der Waals surface area contributed by atoms with Crippen LogP contribution in [0.4, 0.5) is 0 Å². The van der Waals surface area contributed by atoms with Crippen molar-refractivity contribution in [3.05, 3.63) is 32.2 Å². The lowest BCUT2D eigenvalue weighted by Gasteiger charge is -2.03. The topological polar surface area (TPSA) is 66.2 Å². The van der Waals surface area contributed by atoms with E-state index in [-0.39, 0.29) is 12.3 Å². The van der Waals surface area contributed by atoms with E-state index in [1.807, 2.05) is 11.4 Å². The van der Waals surface area contributed by atoms with E-state index in [9.17, 15) is 4.79 Å². The normalized spacial score (nSPS) is 10.8. The van der Waals surface area contributed by atoms with Crippen molar-refractivity contribution in [3.8, 4) is 0 Å². The molecule has 0 radical (unpaired) electrons. The smallest absolute Gasteiger partial charge is 0.360 e. The first kappa shape index (κ1) is 15.1. The maximum absolute atomic E-state index is 11.8. The number of hydrogen-bond acceptors (Lipinski definition) is 6. The van der Waals surface area contributed by atoms with Crippen molar-refractivity contribution < 1.29 is 14.3 Å². The molecule has 20 heavy (non-hydrogen) atoms. The lowest BCUT2D eigenvalue weighted by atomic mass is 10.3. The number of esters is 1. The van der Waals surface area contributed by atoms with Gasteiger partial charge in [0.05, 0.1) is 22.6 Å². The molecule has 0 N–H and O–H groups in total. The van der Waals surface area contributed by atoms with E-state index in [0.29, 0.717) is 18.8 Å². The van der Waals surface area contributed by atoms with Crippen molar-refractivity contribution >= 4 is 33.2 Å². The van der Waals surface area contributed by atoms with Gasteiger partial charge in [-0.1, -0.05) is 5.21 Å². The standard InChI is InChI=1S/C12H14BrN3O3S/c1-8-11(12(17)19-4-3-18-2)14-15-16(8)6-9-5-10(13)20-7-9/h5,7H,3-4,6H2,1-2H3. The van der Waals surface area contributed by atoms with Crippen LogP contribution in [0.2, 0.25) is 0 Å². The van der Waals surface area contributed by atoms with Crippen molar-refractivity contribution in [2.24, 2.45) is 0 Å². The first-order valence-corrected chi connectivity index (χ1v) is 7.58. The molecule has 0 bridgehead atoms. The predicted molar refractivity (Wildman–Crippen MR) is 78.0 cm³/mol. The zero-order valence-electron chi connectivity index (χ0n) is 11.1. The van der Waals surface area contributed by atoms with Gasteiger partial charge in [-0.2, -0.15) is 0 Å². The Morgan fingerprint density at radius 3 is 2.95 bits per heavy atom. The monoisotopic (exact) mass is 359 g/mol. The van der Waals surface area contributed by atoms with Gasteiger partial charge in [0.1, 0.15) is 6.61 Å². The summed E-state index contributed by atoms with van der Waals surface area (Å²) in [5.41, 5.74) is 2.04. The summed E-state index contributed by atoms with van der Waals surface area (Å²) in [7, 11) is 1.55. The SMILES string of the molecule is COCCOC(=O)c1nnn(Cc2csc(Br)c2)c1C. The zero-order valence-corrected chi connectivity index (χ0v) is 13.5. The maximum Gasteiger partial charge on any atom is 0.360 e. The summed E-state index contributed by atoms with van der Waals surface area (Å²) < 4.78 is 12.6. The molecule has 0 saturated heterocycles. The van der Waals surface area contributed by atoms with E-state index < -0.39 is 5.97 Å². The Morgan fingerprint density at radius 2 is 2.30 bits per heavy atom. The Balaban J connectivity index is 2.04. The van der Waals surface area contributed by atoms with E-state index in [2.05, 4.69) is 26.2 Å². The average Bonchev–Trinajstić information content (AvgIpc) is 2.98. The van der Waals surface area contributed by atoms with Crippen LogP contribution in [0.3, 0.4) is 0 Å². The molecule has 0 aliphatic rings. The Labute approximate surface area is 128 Å². The molecule has 0 atom stereocenters. The molecule has 0 fully saturated rings. The number of hydrogen-bond donors (Lipinski definition) is 0. The fraction of sp³-hybridized carbons (Fsp3) is 0.417. The van der Waals surface area contributed by atoms with Gasteiger partial charge in [-0.15, -0.1) is 16.4 Å². The first-order chi connectivity index (χ1) is 9.61. The van der Waals surface area contributed by atoms with Crippen LogP contribution in [0.1, 0.15) is 21.7 Å². The van der Waals surface area contributed by atoms with Crippen LogP contribution in [0, 0.1) is 6.92 Å². The second kappa shape index (κ2) is 6.96. The van der Waals surface area contributed by atoms with Crippen molar-refractivity contribution in [2.45, 2.75) is 13.5 Å². The van der Waals surface area contributed by atoms with Crippen LogP contribution < -0.4 is 0 Å². The molecule has 2 rings (SSSR count). The second-order valence-corrected chi connectivity index (χ2v) is 6.36. The molecule has 0 amide bonds. The van der Waals surface area contributed by atoms with Crippen LogP contribution in [0.5, 0.6) is 0 Å². The van der Waals surface area contributed by atoms with Crippen molar-refractivity contribution in [1.29, 1.82) is 0 Å². The summed E-state index contributed by atoms with van der Waals surface area (Å²) >= 11 is 5.02. The van der Waals surface area contributed by atoms with Crippen LogP contribution >= 0.6 is 27.3 Å². The number of aromatic nitrogens is 3. The van der Waals surface area contributed by atoms with Gasteiger partial charge < -0.3 is 9.47 Å². The number of rotatable bonds is 6. The molecule has 2 heterocycles. The molecule has 6 nitrogen and oxygen atoms in total. The van der Waals surface area contributed by atoms with Crippen LogP contribution in [0.25, 0.3) is 0 Å². The second-order valence-electron chi connectivity index (χ2n) is 4.07. The van der Waals surface area contributed by atoms with Gasteiger partial charge in [0.15, 0.2) is 5.69 Å². The third-order valence-electron chi connectivity index (χ3n) is 2.65. The Hall–Kier alpha value is -1.25. The highest BCUT2D eigenvalue weighted by Crippen LogP contribution is 2.21. The number of carbonyl (C=O) groups excluding carboxylic acids is 1. The third kappa shape index (κ3) is 3.65. The molecule has 2 aromatic heterocycles. The molecule has 8 heteroatoms. The molecule has 108 valence electrons.